The topological polar surface area (TPSA) is 58.6 Å². The van der Waals surface area contributed by atoms with Crippen molar-refractivity contribution < 1.29 is 13.2 Å². The fraction of sp³-hybridized carbons (Fsp3) is 0.600. The largest absolute Gasteiger partial charge is 0.496 e. The predicted molar refractivity (Wildman–Crippen MR) is 85.1 cm³/mol. The summed E-state index contributed by atoms with van der Waals surface area (Å²) < 4.78 is 32.2. The number of rotatable bonds is 8. The van der Waals surface area contributed by atoms with Crippen LogP contribution in [0.15, 0.2) is 23.1 Å². The summed E-state index contributed by atoms with van der Waals surface area (Å²) in [5, 5.41) is 3.02. The molecule has 0 heterocycles. The summed E-state index contributed by atoms with van der Waals surface area (Å²) in [6, 6.07) is 5.01. The molecule has 120 valence electrons. The molecular weight excluding hydrogens is 288 g/mol. The maximum absolute atomic E-state index is 12.7. The lowest BCUT2D eigenvalue weighted by molar-refractivity contribution is 0.349. The first-order chi connectivity index (χ1) is 9.92. The maximum Gasteiger partial charge on any atom is 0.243 e. The van der Waals surface area contributed by atoms with Gasteiger partial charge in [0.1, 0.15) is 5.75 Å². The van der Waals surface area contributed by atoms with Crippen LogP contribution in [0.1, 0.15) is 32.3 Å². The van der Waals surface area contributed by atoms with Crippen molar-refractivity contribution in [2.45, 2.75) is 44.2 Å². The van der Waals surface area contributed by atoms with E-state index in [1.54, 1.807) is 32.4 Å². The number of nitrogens with zero attached hydrogens (tertiary/aromatic N) is 1. The number of hydrogen-bond acceptors (Lipinski definition) is 4. The maximum atomic E-state index is 12.7. The van der Waals surface area contributed by atoms with Gasteiger partial charge in [0.05, 0.1) is 12.0 Å². The van der Waals surface area contributed by atoms with Gasteiger partial charge in [0, 0.05) is 25.2 Å². The zero-order valence-corrected chi connectivity index (χ0v) is 14.3. The zero-order valence-electron chi connectivity index (χ0n) is 13.5. The Labute approximate surface area is 128 Å². The Morgan fingerprint density at radius 2 is 1.90 bits per heavy atom. The number of benzene rings is 1. The molecule has 0 atom stereocenters. The van der Waals surface area contributed by atoms with E-state index in [1.165, 1.54) is 4.31 Å². The molecule has 1 rings (SSSR count). The van der Waals surface area contributed by atoms with Crippen molar-refractivity contribution in [1.29, 1.82) is 0 Å². The van der Waals surface area contributed by atoms with Crippen molar-refractivity contribution >= 4 is 10.0 Å². The smallest absolute Gasteiger partial charge is 0.243 e. The van der Waals surface area contributed by atoms with Gasteiger partial charge >= 0.3 is 0 Å². The number of methoxy groups -OCH3 is 1. The van der Waals surface area contributed by atoms with Crippen LogP contribution in [-0.4, -0.2) is 40.0 Å². The Morgan fingerprint density at radius 3 is 2.38 bits per heavy atom. The highest BCUT2D eigenvalue weighted by Gasteiger charge is 2.26. The minimum absolute atomic E-state index is 0.0184. The van der Waals surface area contributed by atoms with Crippen LogP contribution in [-0.2, 0) is 16.6 Å². The Balaban J connectivity index is 3.22. The molecule has 0 saturated heterocycles. The van der Waals surface area contributed by atoms with Gasteiger partial charge in [-0.1, -0.05) is 13.8 Å². The van der Waals surface area contributed by atoms with Gasteiger partial charge in [0.25, 0.3) is 0 Å². The van der Waals surface area contributed by atoms with Crippen LogP contribution < -0.4 is 10.1 Å². The number of ether oxygens (including phenoxy) is 1. The molecule has 0 radical (unpaired) electrons. The van der Waals surface area contributed by atoms with Crippen molar-refractivity contribution in [3.8, 4) is 5.75 Å². The molecule has 0 amide bonds. The van der Waals surface area contributed by atoms with Crippen molar-refractivity contribution in [3.05, 3.63) is 23.8 Å². The summed E-state index contributed by atoms with van der Waals surface area (Å²) >= 11 is 0. The standard InChI is InChI=1S/C15H26N2O3S/c1-6-13(7-2)17(4)21(18,19)14-8-9-15(20-5)12(10-14)11-16-3/h8-10,13,16H,6-7,11H2,1-5H3. The third-order valence-electron chi connectivity index (χ3n) is 3.75. The van der Waals surface area contributed by atoms with E-state index < -0.39 is 10.0 Å². The third kappa shape index (κ3) is 3.96. The molecule has 21 heavy (non-hydrogen) atoms. The van der Waals surface area contributed by atoms with Crippen molar-refractivity contribution in [2.75, 3.05) is 21.2 Å². The highest BCUT2D eigenvalue weighted by atomic mass is 32.2. The summed E-state index contributed by atoms with van der Waals surface area (Å²) in [6.45, 7) is 4.56. The number of nitrogens with one attached hydrogen (secondary N) is 1. The van der Waals surface area contributed by atoms with Crippen LogP contribution in [0, 0.1) is 0 Å². The second-order valence-electron chi connectivity index (χ2n) is 5.00. The van der Waals surface area contributed by atoms with Crippen molar-refractivity contribution in [1.82, 2.24) is 9.62 Å². The van der Waals surface area contributed by atoms with Gasteiger partial charge in [-0.15, -0.1) is 0 Å². The molecule has 6 heteroatoms. The molecule has 0 unspecified atom stereocenters. The minimum atomic E-state index is -3.48. The van der Waals surface area contributed by atoms with Crippen molar-refractivity contribution in [2.24, 2.45) is 0 Å². The quantitative estimate of drug-likeness (QED) is 0.799. The average molecular weight is 314 g/mol. The Kier molecular flexibility index (Phi) is 6.64. The highest BCUT2D eigenvalue weighted by molar-refractivity contribution is 7.89. The van der Waals surface area contributed by atoms with Crippen LogP contribution in [0.2, 0.25) is 0 Å². The van der Waals surface area contributed by atoms with Gasteiger partial charge in [0.15, 0.2) is 0 Å². The molecule has 1 aromatic carbocycles. The molecular formula is C15H26N2O3S. The van der Waals surface area contributed by atoms with E-state index in [9.17, 15) is 8.42 Å². The van der Waals surface area contributed by atoms with Crippen molar-refractivity contribution in [3.63, 3.8) is 0 Å². The normalized spacial score (nSPS) is 12.1. The van der Waals surface area contributed by atoms with Crippen LogP contribution in [0.25, 0.3) is 0 Å². The van der Waals surface area contributed by atoms with Crippen LogP contribution >= 0.6 is 0 Å². The second-order valence-corrected chi connectivity index (χ2v) is 6.99. The molecule has 0 bridgehead atoms. The molecule has 0 aromatic heterocycles. The van der Waals surface area contributed by atoms with Crippen LogP contribution in [0.5, 0.6) is 5.75 Å². The molecule has 0 fully saturated rings. The van der Waals surface area contributed by atoms with Gasteiger partial charge in [-0.3, -0.25) is 0 Å². The van der Waals surface area contributed by atoms with Gasteiger partial charge in [-0.25, -0.2) is 8.42 Å². The molecule has 5 nitrogen and oxygen atoms in total. The first-order valence-electron chi connectivity index (χ1n) is 7.21. The summed E-state index contributed by atoms with van der Waals surface area (Å²) in [5.74, 6) is 0.688. The first-order valence-corrected chi connectivity index (χ1v) is 8.65. The molecule has 0 aliphatic heterocycles. The first kappa shape index (κ1) is 17.9. The Morgan fingerprint density at radius 1 is 1.29 bits per heavy atom. The van der Waals surface area contributed by atoms with Gasteiger partial charge < -0.3 is 10.1 Å². The molecule has 1 N–H and O–H groups in total. The number of sulfonamides is 1. The van der Waals surface area contributed by atoms with Gasteiger partial charge in [-0.2, -0.15) is 4.31 Å². The molecule has 0 saturated carbocycles. The Bertz CT molecular complexity index is 554. The van der Waals surface area contributed by atoms with Gasteiger partial charge in [-0.05, 0) is 38.1 Å². The summed E-state index contributed by atoms with van der Waals surface area (Å²) in [6.07, 6.45) is 1.59. The monoisotopic (exact) mass is 314 g/mol. The van der Waals surface area contributed by atoms with E-state index in [1.807, 2.05) is 20.9 Å². The SMILES string of the molecule is CCC(CC)N(C)S(=O)(=O)c1ccc(OC)c(CNC)c1. The van der Waals surface area contributed by atoms with Crippen LogP contribution in [0.3, 0.4) is 0 Å². The fourth-order valence-electron chi connectivity index (χ4n) is 2.41. The lowest BCUT2D eigenvalue weighted by Gasteiger charge is -2.26. The Hall–Kier alpha value is -1.11. The predicted octanol–water partition coefficient (Wildman–Crippen LogP) is 2.22. The second kappa shape index (κ2) is 7.77. The van der Waals surface area contributed by atoms with E-state index in [2.05, 4.69) is 5.32 Å². The van der Waals surface area contributed by atoms with E-state index in [0.717, 1.165) is 18.4 Å². The summed E-state index contributed by atoms with van der Waals surface area (Å²) in [5.41, 5.74) is 0.832. The average Bonchev–Trinajstić information content (AvgIpc) is 2.48. The van der Waals surface area contributed by atoms with E-state index in [4.69, 9.17) is 4.74 Å². The zero-order chi connectivity index (χ0) is 16.0. The molecule has 0 aliphatic rings. The highest BCUT2D eigenvalue weighted by Crippen LogP contribution is 2.25. The van der Waals surface area contributed by atoms with Gasteiger partial charge in [0.2, 0.25) is 10.0 Å². The fourth-order valence-corrected chi connectivity index (χ4v) is 3.96. The van der Waals surface area contributed by atoms with E-state index in [0.29, 0.717) is 17.2 Å². The lowest BCUT2D eigenvalue weighted by Crippen LogP contribution is -2.36. The third-order valence-corrected chi connectivity index (χ3v) is 5.66. The molecule has 0 spiro atoms. The minimum Gasteiger partial charge on any atom is -0.496 e. The molecule has 0 aliphatic carbocycles. The van der Waals surface area contributed by atoms with E-state index in [-0.39, 0.29) is 6.04 Å². The number of hydrogen-bond donors (Lipinski definition) is 1. The summed E-state index contributed by atoms with van der Waals surface area (Å²) in [7, 11) is 1.57. The summed E-state index contributed by atoms with van der Waals surface area (Å²) in [4.78, 5) is 0.308. The molecule has 1 aromatic rings. The van der Waals surface area contributed by atoms with Crippen LogP contribution in [0.4, 0.5) is 0 Å². The lowest BCUT2D eigenvalue weighted by atomic mass is 10.2. The van der Waals surface area contributed by atoms with E-state index >= 15 is 0 Å².